The van der Waals surface area contributed by atoms with E-state index in [1.54, 1.807) is 0 Å². The fourth-order valence-electron chi connectivity index (χ4n) is 0.569. The van der Waals surface area contributed by atoms with Crippen LogP contribution in [0, 0.1) is 19.3 Å². The minimum atomic E-state index is -0.835. The summed E-state index contributed by atoms with van der Waals surface area (Å²) < 4.78 is 0. The number of rotatable bonds is 1. The van der Waals surface area contributed by atoms with E-state index >= 15 is 0 Å². The molecule has 0 aromatic carbocycles. The predicted molar refractivity (Wildman–Crippen MR) is 40.6 cm³/mol. The highest BCUT2D eigenvalue weighted by Gasteiger charge is 2.05. The lowest BCUT2D eigenvalue weighted by molar-refractivity contribution is 0.238. The molecular weight excluding hydrogens is 146 g/mol. The number of aliphatic hydroxyl groups excluding tert-OH is 1. The van der Waals surface area contributed by atoms with Gasteiger partial charge in [-0.15, -0.1) is 17.8 Å². The zero-order chi connectivity index (χ0) is 7.56. The minimum absolute atomic E-state index is 0.597. The molecule has 10 heavy (non-hydrogen) atoms. The highest BCUT2D eigenvalue weighted by Crippen LogP contribution is 2.16. The van der Waals surface area contributed by atoms with Gasteiger partial charge in [0.2, 0.25) is 0 Å². The third-order valence-corrected chi connectivity index (χ3v) is 2.04. The fourth-order valence-corrected chi connectivity index (χ4v) is 1.31. The van der Waals surface area contributed by atoms with Crippen molar-refractivity contribution in [2.75, 3.05) is 0 Å². The molecular formula is C7H7NOS. The zero-order valence-corrected chi connectivity index (χ0v) is 6.35. The molecule has 52 valence electrons. The molecule has 0 saturated carbocycles. The molecule has 0 fully saturated rings. The molecule has 0 bridgehead atoms. The van der Waals surface area contributed by atoms with Gasteiger partial charge in [0, 0.05) is 11.1 Å². The molecule has 1 aromatic rings. The number of aromatic nitrogens is 1. The van der Waals surface area contributed by atoms with Crippen molar-refractivity contribution in [2.45, 2.75) is 13.0 Å². The molecule has 0 radical (unpaired) electrons. The molecule has 1 N–H and O–H groups in total. The van der Waals surface area contributed by atoms with E-state index in [2.05, 4.69) is 10.9 Å². The van der Waals surface area contributed by atoms with Crippen LogP contribution in [0.15, 0.2) is 5.38 Å². The number of hydrogen-bond acceptors (Lipinski definition) is 3. The summed E-state index contributed by atoms with van der Waals surface area (Å²) in [4.78, 5) is 4.01. The lowest BCUT2D eigenvalue weighted by Crippen LogP contribution is -1.91. The molecule has 1 unspecified atom stereocenters. The molecule has 0 amide bonds. The second kappa shape index (κ2) is 2.82. The van der Waals surface area contributed by atoms with Gasteiger partial charge in [-0.3, -0.25) is 0 Å². The summed E-state index contributed by atoms with van der Waals surface area (Å²) in [7, 11) is 0. The lowest BCUT2D eigenvalue weighted by Gasteiger charge is -1.93. The van der Waals surface area contributed by atoms with E-state index in [9.17, 15) is 0 Å². The summed E-state index contributed by atoms with van der Waals surface area (Å²) in [5.74, 6) is 2.20. The van der Waals surface area contributed by atoms with Gasteiger partial charge >= 0.3 is 0 Å². The van der Waals surface area contributed by atoms with Crippen molar-refractivity contribution < 1.29 is 5.11 Å². The third kappa shape index (κ3) is 1.35. The summed E-state index contributed by atoms with van der Waals surface area (Å²) in [6, 6.07) is 0. The second-order valence-electron chi connectivity index (χ2n) is 1.90. The average molecular weight is 153 g/mol. The Labute approximate surface area is 63.5 Å². The molecule has 0 spiro atoms. The van der Waals surface area contributed by atoms with Crippen molar-refractivity contribution in [1.29, 1.82) is 0 Å². The maximum Gasteiger partial charge on any atom is 0.166 e. The van der Waals surface area contributed by atoms with Crippen LogP contribution < -0.4 is 0 Å². The van der Waals surface area contributed by atoms with Crippen molar-refractivity contribution in [1.82, 2.24) is 4.98 Å². The SMILES string of the molecule is C#CC(O)c1nc(C)cs1. The van der Waals surface area contributed by atoms with Crippen LogP contribution in [-0.4, -0.2) is 10.1 Å². The van der Waals surface area contributed by atoms with Gasteiger partial charge in [-0.1, -0.05) is 5.92 Å². The Morgan fingerprint density at radius 3 is 3.00 bits per heavy atom. The number of terminal acetylenes is 1. The van der Waals surface area contributed by atoms with E-state index in [-0.39, 0.29) is 0 Å². The molecule has 0 aliphatic heterocycles. The van der Waals surface area contributed by atoms with Gasteiger partial charge in [0.05, 0.1) is 0 Å². The maximum absolute atomic E-state index is 9.05. The summed E-state index contributed by atoms with van der Waals surface area (Å²) in [5, 5.41) is 11.5. The summed E-state index contributed by atoms with van der Waals surface area (Å²) in [6.07, 6.45) is 4.15. The van der Waals surface area contributed by atoms with Crippen LogP contribution in [-0.2, 0) is 0 Å². The van der Waals surface area contributed by atoms with Crippen LogP contribution in [0.25, 0.3) is 0 Å². The maximum atomic E-state index is 9.05. The van der Waals surface area contributed by atoms with Gasteiger partial charge in [-0.2, -0.15) is 0 Å². The second-order valence-corrected chi connectivity index (χ2v) is 2.79. The zero-order valence-electron chi connectivity index (χ0n) is 5.53. The van der Waals surface area contributed by atoms with Gasteiger partial charge in [-0.25, -0.2) is 4.98 Å². The van der Waals surface area contributed by atoms with Crippen molar-refractivity contribution in [2.24, 2.45) is 0 Å². The fraction of sp³-hybridized carbons (Fsp3) is 0.286. The largest absolute Gasteiger partial charge is 0.374 e. The molecule has 0 aliphatic rings. The molecule has 1 aromatic heterocycles. The quantitative estimate of drug-likeness (QED) is 0.613. The van der Waals surface area contributed by atoms with Crippen molar-refractivity contribution in [3.05, 3.63) is 16.1 Å². The number of nitrogens with zero attached hydrogens (tertiary/aromatic N) is 1. The van der Waals surface area contributed by atoms with Crippen LogP contribution in [0.4, 0.5) is 0 Å². The topological polar surface area (TPSA) is 33.1 Å². The Hall–Kier alpha value is -0.850. The smallest absolute Gasteiger partial charge is 0.166 e. The van der Waals surface area contributed by atoms with Crippen LogP contribution >= 0.6 is 11.3 Å². The van der Waals surface area contributed by atoms with Gasteiger partial charge in [-0.05, 0) is 6.92 Å². The van der Waals surface area contributed by atoms with Crippen LogP contribution in [0.3, 0.4) is 0 Å². The minimum Gasteiger partial charge on any atom is -0.374 e. The van der Waals surface area contributed by atoms with Gasteiger partial charge in [0.25, 0.3) is 0 Å². The Bertz CT molecular complexity index is 261. The summed E-state index contributed by atoms with van der Waals surface area (Å²) in [5.41, 5.74) is 0.898. The highest BCUT2D eigenvalue weighted by molar-refractivity contribution is 7.09. The van der Waals surface area contributed by atoms with Gasteiger partial charge in [0.15, 0.2) is 6.10 Å². The predicted octanol–water partition coefficient (Wildman–Crippen LogP) is 1.12. The molecule has 2 nitrogen and oxygen atoms in total. The van der Waals surface area contributed by atoms with Crippen molar-refractivity contribution in [3.8, 4) is 12.3 Å². The van der Waals surface area contributed by atoms with Gasteiger partial charge < -0.3 is 5.11 Å². The molecule has 0 saturated heterocycles. The van der Waals surface area contributed by atoms with Crippen LogP contribution in [0.1, 0.15) is 16.8 Å². The standard InChI is InChI=1S/C7H7NOS/c1-3-6(9)7-8-5(2)4-10-7/h1,4,6,9H,2H3. The lowest BCUT2D eigenvalue weighted by atomic mass is 10.4. The molecule has 3 heteroatoms. The Morgan fingerprint density at radius 2 is 2.60 bits per heavy atom. The van der Waals surface area contributed by atoms with E-state index in [0.29, 0.717) is 5.01 Å². The summed E-state index contributed by atoms with van der Waals surface area (Å²) in [6.45, 7) is 1.86. The first-order valence-electron chi connectivity index (χ1n) is 2.80. The van der Waals surface area contributed by atoms with E-state index in [1.165, 1.54) is 11.3 Å². The molecule has 0 aliphatic carbocycles. The highest BCUT2D eigenvalue weighted by atomic mass is 32.1. The van der Waals surface area contributed by atoms with E-state index in [1.807, 2.05) is 12.3 Å². The first-order valence-corrected chi connectivity index (χ1v) is 3.68. The summed E-state index contributed by atoms with van der Waals surface area (Å²) >= 11 is 1.38. The Kier molecular flexibility index (Phi) is 2.05. The van der Waals surface area contributed by atoms with Gasteiger partial charge in [0.1, 0.15) is 5.01 Å². The average Bonchev–Trinajstić information content (AvgIpc) is 2.34. The Morgan fingerprint density at radius 1 is 1.90 bits per heavy atom. The van der Waals surface area contributed by atoms with E-state index < -0.39 is 6.10 Å². The number of aryl methyl sites for hydroxylation is 1. The van der Waals surface area contributed by atoms with Crippen LogP contribution in [0.5, 0.6) is 0 Å². The van der Waals surface area contributed by atoms with Crippen molar-refractivity contribution in [3.63, 3.8) is 0 Å². The first kappa shape index (κ1) is 7.26. The molecule has 1 atom stereocenters. The van der Waals surface area contributed by atoms with E-state index in [4.69, 9.17) is 11.5 Å². The number of aliphatic hydroxyl groups is 1. The van der Waals surface area contributed by atoms with Crippen molar-refractivity contribution >= 4 is 11.3 Å². The number of hydrogen-bond donors (Lipinski definition) is 1. The molecule has 1 rings (SSSR count). The Balaban J connectivity index is 2.87. The number of thiazole rings is 1. The first-order chi connectivity index (χ1) is 4.74. The third-order valence-electron chi connectivity index (χ3n) is 1.03. The molecule has 1 heterocycles. The van der Waals surface area contributed by atoms with E-state index in [0.717, 1.165) is 5.69 Å². The van der Waals surface area contributed by atoms with Crippen LogP contribution in [0.2, 0.25) is 0 Å². The normalized spacial score (nSPS) is 12.5. The monoisotopic (exact) mass is 153 g/mol.